The summed E-state index contributed by atoms with van der Waals surface area (Å²) in [5.41, 5.74) is 0.266. The van der Waals surface area contributed by atoms with E-state index in [-0.39, 0.29) is 15.5 Å². The molecule has 0 aliphatic rings. The van der Waals surface area contributed by atoms with Crippen LogP contribution in [0.1, 0.15) is 29.1 Å². The highest BCUT2D eigenvalue weighted by molar-refractivity contribution is 7.91. The van der Waals surface area contributed by atoms with Crippen LogP contribution in [0.15, 0.2) is 28.5 Å². The number of nitrogens with one attached hydrogen (secondary N) is 2. The minimum Gasteiger partial charge on any atom is -0.322 e. The molecular weight excluding hydrogens is 420 g/mol. The molecule has 0 saturated carbocycles. The topological polar surface area (TPSA) is 75.3 Å². The van der Waals surface area contributed by atoms with Gasteiger partial charge in [0.25, 0.3) is 21.9 Å². The van der Waals surface area contributed by atoms with Crippen molar-refractivity contribution in [3.05, 3.63) is 40.5 Å². The van der Waals surface area contributed by atoms with Crippen LogP contribution in [-0.4, -0.2) is 26.3 Å². The van der Waals surface area contributed by atoms with Crippen LogP contribution in [-0.2, 0) is 10.0 Å². The van der Waals surface area contributed by atoms with E-state index in [2.05, 4.69) is 14.6 Å². The van der Waals surface area contributed by atoms with Crippen molar-refractivity contribution in [3.8, 4) is 0 Å². The van der Waals surface area contributed by atoms with E-state index < -0.39 is 33.7 Å². The molecule has 2 atom stereocenters. The maximum atomic E-state index is 13.6. The van der Waals surface area contributed by atoms with Crippen LogP contribution in [0.5, 0.6) is 0 Å². The highest BCUT2D eigenvalue weighted by atomic mass is 32.2. The molecule has 2 rings (SSSR count). The number of amides is 1. The van der Waals surface area contributed by atoms with Crippen molar-refractivity contribution >= 4 is 47.5 Å². The molecular formula is C16H18F3N2O3PS2. The number of hydrogen-bond donors (Lipinski definition) is 2. The zero-order valence-electron chi connectivity index (χ0n) is 14.6. The third-order valence-electron chi connectivity index (χ3n) is 3.76. The summed E-state index contributed by atoms with van der Waals surface area (Å²) in [5.74, 6) is -4.40. The molecule has 1 aromatic carbocycles. The minimum absolute atomic E-state index is 0.0617. The fraction of sp³-hybridized carbons (Fsp3) is 0.312. The third kappa shape index (κ3) is 5.28. The molecule has 0 aliphatic heterocycles. The number of carbonyl (C=O) groups is 1. The lowest BCUT2D eigenvalue weighted by Gasteiger charge is -2.19. The first-order chi connectivity index (χ1) is 12.3. The predicted molar refractivity (Wildman–Crippen MR) is 103 cm³/mol. The van der Waals surface area contributed by atoms with Crippen LogP contribution < -0.4 is 15.3 Å². The van der Waals surface area contributed by atoms with Gasteiger partial charge in [0.15, 0.2) is 0 Å². The molecule has 27 heavy (non-hydrogen) atoms. The predicted octanol–water partition coefficient (Wildman–Crippen LogP) is 3.27. The first kappa shape index (κ1) is 21.8. The Hall–Kier alpha value is -1.48. The fourth-order valence-corrected chi connectivity index (χ4v) is 4.95. The summed E-state index contributed by atoms with van der Waals surface area (Å²) >= 11 is 0.785. The van der Waals surface area contributed by atoms with Crippen LogP contribution in [0, 0.1) is 12.7 Å². The Kier molecular flexibility index (Phi) is 6.36. The van der Waals surface area contributed by atoms with E-state index in [1.54, 1.807) is 0 Å². The molecule has 11 heteroatoms. The lowest BCUT2D eigenvalue weighted by molar-refractivity contribution is -0.00487. The molecule has 148 valence electrons. The molecule has 0 aliphatic carbocycles. The SMILES string of the molecule is Cc1sc(S(=O)(=O)NC(C)C(C)(F)F)cc1C(=O)Nc1ccc(P)c(F)c1. The van der Waals surface area contributed by atoms with E-state index in [0.29, 0.717) is 17.1 Å². The molecule has 1 amide bonds. The van der Waals surface area contributed by atoms with E-state index in [1.165, 1.54) is 19.1 Å². The number of anilines is 1. The van der Waals surface area contributed by atoms with Crippen molar-refractivity contribution in [2.45, 2.75) is 36.9 Å². The summed E-state index contributed by atoms with van der Waals surface area (Å²) < 4.78 is 66.3. The Morgan fingerprint density at radius 3 is 2.48 bits per heavy atom. The monoisotopic (exact) mass is 438 g/mol. The highest BCUT2D eigenvalue weighted by Gasteiger charge is 2.34. The van der Waals surface area contributed by atoms with Gasteiger partial charge in [-0.1, -0.05) is 6.07 Å². The van der Waals surface area contributed by atoms with Crippen molar-refractivity contribution in [1.29, 1.82) is 0 Å². The van der Waals surface area contributed by atoms with E-state index in [4.69, 9.17) is 0 Å². The molecule has 0 radical (unpaired) electrons. The molecule has 0 spiro atoms. The zero-order valence-corrected chi connectivity index (χ0v) is 17.4. The molecule has 0 bridgehead atoms. The maximum absolute atomic E-state index is 13.6. The molecule has 2 aromatic rings. The number of sulfonamides is 1. The average molecular weight is 438 g/mol. The molecule has 5 nitrogen and oxygen atoms in total. The normalized spacial score (nSPS) is 13.4. The van der Waals surface area contributed by atoms with Crippen molar-refractivity contribution in [2.24, 2.45) is 0 Å². The molecule has 2 unspecified atom stereocenters. The fourth-order valence-electron chi connectivity index (χ4n) is 2.01. The summed E-state index contributed by atoms with van der Waals surface area (Å²) in [7, 11) is -2.01. The zero-order chi connectivity index (χ0) is 20.6. The largest absolute Gasteiger partial charge is 0.322 e. The third-order valence-corrected chi connectivity index (χ3v) is 7.29. The Labute approximate surface area is 161 Å². The summed E-state index contributed by atoms with van der Waals surface area (Å²) in [6.45, 7) is 3.19. The number of hydrogen-bond acceptors (Lipinski definition) is 4. The summed E-state index contributed by atoms with van der Waals surface area (Å²) in [6.07, 6.45) is 0. The minimum atomic E-state index is -4.22. The van der Waals surface area contributed by atoms with Crippen molar-refractivity contribution in [3.63, 3.8) is 0 Å². The number of thiophene rings is 1. The van der Waals surface area contributed by atoms with E-state index in [0.717, 1.165) is 30.4 Å². The number of rotatable bonds is 6. The molecule has 2 N–H and O–H groups in total. The molecule has 1 aromatic heterocycles. The van der Waals surface area contributed by atoms with Gasteiger partial charge >= 0.3 is 0 Å². The van der Waals surface area contributed by atoms with E-state index in [9.17, 15) is 26.4 Å². The van der Waals surface area contributed by atoms with Gasteiger partial charge < -0.3 is 5.32 Å². The van der Waals surface area contributed by atoms with E-state index >= 15 is 0 Å². The molecule has 0 fully saturated rings. The lowest BCUT2D eigenvalue weighted by atomic mass is 10.2. The van der Waals surface area contributed by atoms with Gasteiger partial charge in [0, 0.05) is 22.8 Å². The van der Waals surface area contributed by atoms with Crippen LogP contribution in [0.3, 0.4) is 0 Å². The maximum Gasteiger partial charge on any atom is 0.261 e. The smallest absolute Gasteiger partial charge is 0.261 e. The quantitative estimate of drug-likeness (QED) is 0.680. The first-order valence-electron chi connectivity index (χ1n) is 7.68. The Balaban J connectivity index is 2.24. The average Bonchev–Trinajstić information content (AvgIpc) is 2.92. The second kappa shape index (κ2) is 7.87. The van der Waals surface area contributed by atoms with Gasteiger partial charge in [-0.05, 0) is 32.0 Å². The highest BCUT2D eigenvalue weighted by Crippen LogP contribution is 2.28. The molecule has 1 heterocycles. The number of halogens is 3. The van der Waals surface area contributed by atoms with Gasteiger partial charge in [-0.3, -0.25) is 4.79 Å². The Morgan fingerprint density at radius 1 is 1.30 bits per heavy atom. The van der Waals surface area contributed by atoms with Crippen LogP contribution >= 0.6 is 20.6 Å². The second-order valence-electron chi connectivity index (χ2n) is 6.02. The Morgan fingerprint density at radius 2 is 1.93 bits per heavy atom. The van der Waals surface area contributed by atoms with Gasteiger partial charge in [0.05, 0.1) is 11.6 Å². The number of carbonyl (C=O) groups excluding carboxylic acids is 1. The van der Waals surface area contributed by atoms with E-state index in [1.807, 2.05) is 4.72 Å². The van der Waals surface area contributed by atoms with Crippen molar-refractivity contribution in [1.82, 2.24) is 4.72 Å². The standard InChI is InChI=1S/C16H18F3N2O3PS2/c1-8-11(15(22)20-10-4-5-13(25)12(17)6-10)7-14(26-8)27(23,24)21-9(2)16(3,18)19/h4-7,9,21H,25H2,1-3H3,(H,20,22). The van der Waals surface area contributed by atoms with Crippen molar-refractivity contribution in [2.75, 3.05) is 5.32 Å². The van der Waals surface area contributed by atoms with Crippen LogP contribution in [0.4, 0.5) is 18.9 Å². The Bertz CT molecular complexity index is 972. The second-order valence-corrected chi connectivity index (χ2v) is 9.84. The summed E-state index contributed by atoms with van der Waals surface area (Å²) in [5, 5.41) is 2.81. The van der Waals surface area contributed by atoms with Crippen molar-refractivity contribution < 1.29 is 26.4 Å². The first-order valence-corrected chi connectivity index (χ1v) is 10.6. The number of aryl methyl sites for hydroxylation is 1. The summed E-state index contributed by atoms with van der Waals surface area (Å²) in [4.78, 5) is 12.8. The number of alkyl halides is 2. The number of benzene rings is 1. The summed E-state index contributed by atoms with van der Waals surface area (Å²) in [6, 6.07) is 3.58. The van der Waals surface area contributed by atoms with Gasteiger partial charge in [-0.25, -0.2) is 26.3 Å². The molecule has 0 saturated heterocycles. The lowest BCUT2D eigenvalue weighted by Crippen LogP contribution is -2.43. The van der Waals surface area contributed by atoms with Gasteiger partial charge in [-0.2, -0.15) is 0 Å². The van der Waals surface area contributed by atoms with Gasteiger partial charge in [0.2, 0.25) is 0 Å². The van der Waals surface area contributed by atoms with Crippen LogP contribution in [0.25, 0.3) is 0 Å². The van der Waals surface area contributed by atoms with Gasteiger partial charge in [0.1, 0.15) is 10.0 Å². The van der Waals surface area contributed by atoms with Crippen LogP contribution in [0.2, 0.25) is 0 Å². The van der Waals surface area contributed by atoms with Gasteiger partial charge in [-0.15, -0.1) is 20.6 Å².